The Morgan fingerprint density at radius 2 is 1.86 bits per heavy atom. The summed E-state index contributed by atoms with van der Waals surface area (Å²) in [4.78, 5) is 11.1. The Kier molecular flexibility index (Phi) is 7.50. The summed E-state index contributed by atoms with van der Waals surface area (Å²) in [6.07, 6.45) is 0. The third-order valence-corrected chi connectivity index (χ3v) is 1.37. The summed E-state index contributed by atoms with van der Waals surface area (Å²) in [5.41, 5.74) is 0.717. The molecule has 0 fully saturated rings. The van der Waals surface area contributed by atoms with Gasteiger partial charge >= 0.3 is 7.69 Å². The molecule has 0 aliphatic rings. The van der Waals surface area contributed by atoms with E-state index in [0.717, 1.165) is 0 Å². The summed E-state index contributed by atoms with van der Waals surface area (Å²) in [5, 5.41) is 16.7. The molecule has 0 aliphatic heterocycles. The Hall–Kier alpha value is -1.33. The number of amides is 1. The van der Waals surface area contributed by atoms with Crippen LogP contribution in [0.4, 0.5) is 0 Å². The molecule has 0 saturated carbocycles. The van der Waals surface area contributed by atoms with Gasteiger partial charge in [0, 0.05) is 12.1 Å². The molecule has 1 aromatic rings. The number of rotatable bonds is 2. The van der Waals surface area contributed by atoms with Crippen LogP contribution in [0.5, 0.6) is 0 Å². The van der Waals surface area contributed by atoms with E-state index in [0.29, 0.717) is 12.1 Å². The Morgan fingerprint density at radius 1 is 1.36 bits per heavy atom. The minimum atomic E-state index is -0.00639. The van der Waals surface area contributed by atoms with Gasteiger partial charge in [-0.05, 0) is 19.1 Å². The van der Waals surface area contributed by atoms with E-state index in [1.165, 1.54) is 0 Å². The highest BCUT2D eigenvalue weighted by atomic mass is 16.4. The Labute approximate surface area is 83.9 Å². The van der Waals surface area contributed by atoms with Crippen LogP contribution in [0.2, 0.25) is 0 Å². The number of hydrogen-bond donors (Lipinski definition) is 3. The second-order valence-electron chi connectivity index (χ2n) is 2.34. The van der Waals surface area contributed by atoms with Crippen molar-refractivity contribution in [2.45, 2.75) is 6.92 Å². The first-order valence-electron chi connectivity index (χ1n) is 4.19. The van der Waals surface area contributed by atoms with Crippen LogP contribution in [0, 0.1) is 0 Å². The molecule has 0 spiro atoms. The van der Waals surface area contributed by atoms with Crippen LogP contribution < -0.4 is 5.32 Å². The molecule has 0 saturated heterocycles. The molecule has 0 bridgehead atoms. The van der Waals surface area contributed by atoms with Crippen LogP contribution in [0.15, 0.2) is 30.3 Å². The van der Waals surface area contributed by atoms with Gasteiger partial charge in [0.2, 0.25) is 0 Å². The molecular weight excluding hydrogens is 181 g/mol. The highest BCUT2D eigenvalue weighted by Crippen LogP contribution is 1.96. The molecule has 0 unspecified atom stereocenters. The SMILES string of the molecule is CCNC(=O)c1ccccc1.O[B]O. The summed E-state index contributed by atoms with van der Waals surface area (Å²) >= 11 is 0. The lowest BCUT2D eigenvalue weighted by Crippen LogP contribution is -2.22. The molecule has 0 aromatic heterocycles. The summed E-state index contributed by atoms with van der Waals surface area (Å²) in [6, 6.07) is 9.19. The van der Waals surface area contributed by atoms with E-state index in [2.05, 4.69) is 5.32 Å². The first kappa shape index (κ1) is 12.7. The maximum absolute atomic E-state index is 11.1. The zero-order chi connectivity index (χ0) is 10.8. The number of carbonyl (C=O) groups excluding carboxylic acids is 1. The number of nitrogens with one attached hydrogen (secondary N) is 1. The Balaban J connectivity index is 0.000000500. The van der Waals surface area contributed by atoms with E-state index < -0.39 is 0 Å². The van der Waals surface area contributed by atoms with E-state index in [4.69, 9.17) is 10.0 Å². The minimum absolute atomic E-state index is 0. The average Bonchev–Trinajstić information content (AvgIpc) is 2.21. The van der Waals surface area contributed by atoms with Crippen molar-refractivity contribution in [2.75, 3.05) is 6.54 Å². The molecule has 1 rings (SSSR count). The van der Waals surface area contributed by atoms with Crippen molar-refractivity contribution in [1.82, 2.24) is 5.32 Å². The number of benzene rings is 1. The van der Waals surface area contributed by atoms with Gasteiger partial charge in [0.1, 0.15) is 0 Å². The first-order valence-corrected chi connectivity index (χ1v) is 4.19. The summed E-state index contributed by atoms with van der Waals surface area (Å²) < 4.78 is 0. The fourth-order valence-corrected chi connectivity index (χ4v) is 0.852. The smallest absolute Gasteiger partial charge is 0.429 e. The van der Waals surface area contributed by atoms with Crippen molar-refractivity contribution in [1.29, 1.82) is 0 Å². The van der Waals surface area contributed by atoms with Crippen LogP contribution in [0.1, 0.15) is 17.3 Å². The quantitative estimate of drug-likeness (QED) is 0.577. The van der Waals surface area contributed by atoms with Crippen LogP contribution in [-0.4, -0.2) is 30.2 Å². The van der Waals surface area contributed by atoms with Crippen molar-refractivity contribution < 1.29 is 14.8 Å². The van der Waals surface area contributed by atoms with E-state index in [1.54, 1.807) is 12.1 Å². The maximum Gasteiger partial charge on any atom is 0.482 e. The van der Waals surface area contributed by atoms with Gasteiger partial charge in [-0.25, -0.2) is 0 Å². The molecule has 14 heavy (non-hydrogen) atoms. The van der Waals surface area contributed by atoms with Crippen molar-refractivity contribution in [2.24, 2.45) is 0 Å². The molecule has 0 heterocycles. The van der Waals surface area contributed by atoms with Gasteiger partial charge in [0.05, 0.1) is 0 Å². The van der Waals surface area contributed by atoms with Gasteiger partial charge < -0.3 is 15.4 Å². The number of hydrogen-bond acceptors (Lipinski definition) is 3. The van der Waals surface area contributed by atoms with Gasteiger partial charge in [-0.1, -0.05) is 18.2 Å². The second kappa shape index (κ2) is 8.28. The lowest BCUT2D eigenvalue weighted by Gasteiger charge is -1.99. The van der Waals surface area contributed by atoms with Crippen LogP contribution >= 0.6 is 0 Å². The Morgan fingerprint density at radius 3 is 2.29 bits per heavy atom. The van der Waals surface area contributed by atoms with Crippen molar-refractivity contribution in [3.05, 3.63) is 35.9 Å². The molecule has 1 radical (unpaired) electrons. The van der Waals surface area contributed by atoms with Gasteiger partial charge in [0.15, 0.2) is 0 Å². The van der Waals surface area contributed by atoms with Gasteiger partial charge in [0.25, 0.3) is 5.91 Å². The summed E-state index contributed by atoms with van der Waals surface area (Å²) in [6.45, 7) is 2.58. The lowest BCUT2D eigenvalue weighted by molar-refractivity contribution is 0.0956. The molecule has 0 atom stereocenters. The van der Waals surface area contributed by atoms with Crippen molar-refractivity contribution in [3.63, 3.8) is 0 Å². The highest BCUT2D eigenvalue weighted by molar-refractivity contribution is 6.13. The molecule has 0 aliphatic carbocycles. The second-order valence-corrected chi connectivity index (χ2v) is 2.34. The highest BCUT2D eigenvalue weighted by Gasteiger charge is 1.99. The van der Waals surface area contributed by atoms with Gasteiger partial charge in [-0.3, -0.25) is 4.79 Å². The summed E-state index contributed by atoms with van der Waals surface area (Å²) in [7, 11) is 0. The molecule has 75 valence electrons. The average molecular weight is 194 g/mol. The maximum atomic E-state index is 11.1. The normalized spacial score (nSPS) is 8.21. The zero-order valence-corrected chi connectivity index (χ0v) is 7.97. The predicted molar refractivity (Wildman–Crippen MR) is 54.6 cm³/mol. The van der Waals surface area contributed by atoms with Crippen LogP contribution in [0.3, 0.4) is 0 Å². The van der Waals surface area contributed by atoms with E-state index in [1.807, 2.05) is 25.1 Å². The van der Waals surface area contributed by atoms with Crippen LogP contribution in [-0.2, 0) is 0 Å². The van der Waals surface area contributed by atoms with E-state index in [9.17, 15) is 4.79 Å². The summed E-state index contributed by atoms with van der Waals surface area (Å²) in [5.74, 6) is -0.00639. The van der Waals surface area contributed by atoms with Gasteiger partial charge in [-0.15, -0.1) is 0 Å². The van der Waals surface area contributed by atoms with Crippen molar-refractivity contribution in [3.8, 4) is 0 Å². The van der Waals surface area contributed by atoms with Crippen molar-refractivity contribution >= 4 is 13.6 Å². The third-order valence-electron chi connectivity index (χ3n) is 1.37. The first-order chi connectivity index (χ1) is 6.76. The monoisotopic (exact) mass is 194 g/mol. The molecule has 1 aromatic carbocycles. The minimum Gasteiger partial charge on any atom is -0.429 e. The molecule has 4 nitrogen and oxygen atoms in total. The number of carbonyl (C=O) groups is 1. The fraction of sp³-hybridized carbons (Fsp3) is 0.222. The van der Waals surface area contributed by atoms with E-state index in [-0.39, 0.29) is 13.6 Å². The van der Waals surface area contributed by atoms with Gasteiger partial charge in [-0.2, -0.15) is 0 Å². The standard InChI is InChI=1S/C9H11NO.BH2O2/c1-2-10-9(11)8-6-4-3-5-7-8;2-1-3/h3-7H,2H2,1H3,(H,10,11);2-3H. The largest absolute Gasteiger partial charge is 0.482 e. The molecular formula is C9H13BNO3. The van der Waals surface area contributed by atoms with Crippen LogP contribution in [0.25, 0.3) is 0 Å². The zero-order valence-electron chi connectivity index (χ0n) is 7.97. The molecule has 3 N–H and O–H groups in total. The Bertz CT molecular complexity index is 253. The third kappa shape index (κ3) is 5.34. The van der Waals surface area contributed by atoms with E-state index >= 15 is 0 Å². The molecule has 5 heteroatoms. The topological polar surface area (TPSA) is 69.6 Å². The molecule has 1 amide bonds. The fourth-order valence-electron chi connectivity index (χ4n) is 0.852. The lowest BCUT2D eigenvalue weighted by atomic mass is 10.2. The predicted octanol–water partition coefficient (Wildman–Crippen LogP) is -0.0585.